The third kappa shape index (κ3) is 3.08. The van der Waals surface area contributed by atoms with E-state index in [9.17, 15) is 4.79 Å². The Morgan fingerprint density at radius 3 is 2.80 bits per heavy atom. The first kappa shape index (κ1) is 15.6. The summed E-state index contributed by atoms with van der Waals surface area (Å²) in [4.78, 5) is 16.7. The number of aromatic nitrogens is 3. The lowest BCUT2D eigenvalue weighted by atomic mass is 10.1. The summed E-state index contributed by atoms with van der Waals surface area (Å²) in [6, 6.07) is 7.44. The van der Waals surface area contributed by atoms with E-state index in [0.717, 1.165) is 22.7 Å². The molecule has 0 spiro atoms. The first-order valence-corrected chi connectivity index (χ1v) is 8.65. The molecule has 1 N–H and O–H groups in total. The predicted octanol–water partition coefficient (Wildman–Crippen LogP) is 2.88. The largest absolute Gasteiger partial charge is 0.486 e. The van der Waals surface area contributed by atoms with Crippen LogP contribution in [-0.2, 0) is 7.05 Å². The summed E-state index contributed by atoms with van der Waals surface area (Å²) < 4.78 is 12.8. The van der Waals surface area contributed by atoms with Crippen LogP contribution >= 0.6 is 11.3 Å². The Kier molecular flexibility index (Phi) is 3.89. The zero-order valence-corrected chi connectivity index (χ0v) is 14.6. The smallest absolute Gasteiger partial charge is 0.277 e. The summed E-state index contributed by atoms with van der Waals surface area (Å²) >= 11 is 1.37. The summed E-state index contributed by atoms with van der Waals surface area (Å²) in [5.74, 6) is 1.18. The Morgan fingerprint density at radius 2 is 2.04 bits per heavy atom. The number of carbonyl (C=O) groups is 1. The highest BCUT2D eigenvalue weighted by molar-refractivity contribution is 7.14. The van der Waals surface area contributed by atoms with Gasteiger partial charge in [-0.15, -0.1) is 11.3 Å². The van der Waals surface area contributed by atoms with Crippen LogP contribution in [0.25, 0.3) is 11.3 Å². The fraction of sp³-hybridized carbons (Fsp3) is 0.235. The molecule has 1 aliphatic rings. The molecule has 3 aromatic rings. The minimum atomic E-state index is -0.272. The molecule has 3 heterocycles. The SMILES string of the molecule is Cc1cc(C(=O)Nc2nc(-c3ccc4c(c3)OCCO4)cs2)nn1C. The molecule has 25 heavy (non-hydrogen) atoms. The molecule has 0 atom stereocenters. The molecule has 128 valence electrons. The van der Waals surface area contributed by atoms with Gasteiger partial charge in [-0.3, -0.25) is 14.8 Å². The van der Waals surface area contributed by atoms with Crippen LogP contribution in [0.5, 0.6) is 11.5 Å². The number of hydrogen-bond donors (Lipinski definition) is 1. The van der Waals surface area contributed by atoms with Crippen LogP contribution in [0.2, 0.25) is 0 Å². The molecule has 2 aromatic heterocycles. The molecule has 7 nitrogen and oxygen atoms in total. The Morgan fingerprint density at radius 1 is 1.24 bits per heavy atom. The van der Waals surface area contributed by atoms with Gasteiger partial charge in [-0.05, 0) is 31.2 Å². The standard InChI is InChI=1S/C17H16N4O3S/c1-10-7-12(20-21(10)2)16(22)19-17-18-13(9-25-17)11-3-4-14-15(8-11)24-6-5-23-14/h3-4,7-9H,5-6H2,1-2H3,(H,18,19,22). The molecule has 0 radical (unpaired) electrons. The zero-order chi connectivity index (χ0) is 17.4. The van der Waals surface area contributed by atoms with Gasteiger partial charge in [0.15, 0.2) is 22.3 Å². The quantitative estimate of drug-likeness (QED) is 0.781. The maximum Gasteiger partial charge on any atom is 0.277 e. The molecule has 0 aliphatic carbocycles. The van der Waals surface area contributed by atoms with Crippen LogP contribution in [-0.4, -0.2) is 33.9 Å². The van der Waals surface area contributed by atoms with Crippen molar-refractivity contribution in [2.75, 3.05) is 18.5 Å². The van der Waals surface area contributed by atoms with Crippen LogP contribution < -0.4 is 14.8 Å². The number of aryl methyl sites for hydroxylation is 2. The topological polar surface area (TPSA) is 78.3 Å². The van der Waals surface area contributed by atoms with E-state index in [1.807, 2.05) is 30.5 Å². The molecule has 0 saturated heterocycles. The Bertz CT molecular complexity index is 928. The average molecular weight is 356 g/mol. The number of fused-ring (bicyclic) bond motifs is 1. The van der Waals surface area contributed by atoms with Gasteiger partial charge < -0.3 is 9.47 Å². The Hall–Kier alpha value is -2.87. The van der Waals surface area contributed by atoms with Crippen LogP contribution in [0.1, 0.15) is 16.2 Å². The average Bonchev–Trinajstić information content (AvgIpc) is 3.21. The van der Waals surface area contributed by atoms with Crippen molar-refractivity contribution in [3.63, 3.8) is 0 Å². The number of anilines is 1. The van der Waals surface area contributed by atoms with Gasteiger partial charge in [0.2, 0.25) is 0 Å². The van der Waals surface area contributed by atoms with Crippen LogP contribution in [0.3, 0.4) is 0 Å². The van der Waals surface area contributed by atoms with Gasteiger partial charge in [0.05, 0.1) is 5.69 Å². The number of hydrogen-bond acceptors (Lipinski definition) is 6. The van der Waals surface area contributed by atoms with E-state index in [2.05, 4.69) is 15.4 Å². The molecular formula is C17H16N4O3S. The van der Waals surface area contributed by atoms with E-state index in [1.54, 1.807) is 17.8 Å². The molecule has 0 saturated carbocycles. The highest BCUT2D eigenvalue weighted by Gasteiger charge is 2.16. The van der Waals surface area contributed by atoms with Gasteiger partial charge >= 0.3 is 0 Å². The van der Waals surface area contributed by atoms with Crippen molar-refractivity contribution < 1.29 is 14.3 Å². The summed E-state index contributed by atoms with van der Waals surface area (Å²) in [6.07, 6.45) is 0. The lowest BCUT2D eigenvalue weighted by molar-refractivity contribution is 0.102. The molecule has 0 unspecified atom stereocenters. The van der Waals surface area contributed by atoms with Gasteiger partial charge in [0, 0.05) is 23.7 Å². The van der Waals surface area contributed by atoms with Crippen LogP contribution in [0.4, 0.5) is 5.13 Å². The van der Waals surface area contributed by atoms with Gasteiger partial charge in [-0.2, -0.15) is 5.10 Å². The van der Waals surface area contributed by atoms with Gasteiger partial charge in [0.1, 0.15) is 13.2 Å². The van der Waals surface area contributed by atoms with Gasteiger partial charge in [-0.25, -0.2) is 4.98 Å². The molecule has 0 bridgehead atoms. The lowest BCUT2D eigenvalue weighted by Crippen LogP contribution is -2.15. The van der Waals surface area contributed by atoms with Crippen molar-refractivity contribution in [2.24, 2.45) is 7.05 Å². The van der Waals surface area contributed by atoms with E-state index in [4.69, 9.17) is 9.47 Å². The molecule has 1 amide bonds. The molecule has 0 fully saturated rings. The van der Waals surface area contributed by atoms with Crippen molar-refractivity contribution in [1.82, 2.24) is 14.8 Å². The van der Waals surface area contributed by atoms with E-state index in [0.29, 0.717) is 29.8 Å². The molecule has 8 heteroatoms. The van der Waals surface area contributed by atoms with Gasteiger partial charge in [0.25, 0.3) is 5.91 Å². The number of rotatable bonds is 3. The van der Waals surface area contributed by atoms with E-state index in [-0.39, 0.29) is 5.91 Å². The summed E-state index contributed by atoms with van der Waals surface area (Å²) in [6.45, 7) is 3.00. The first-order chi connectivity index (χ1) is 12.1. The van der Waals surface area contributed by atoms with Crippen molar-refractivity contribution in [3.8, 4) is 22.8 Å². The summed E-state index contributed by atoms with van der Waals surface area (Å²) in [7, 11) is 1.80. The number of thiazole rings is 1. The normalized spacial score (nSPS) is 12.9. The molecule has 1 aliphatic heterocycles. The fourth-order valence-electron chi connectivity index (χ4n) is 2.50. The summed E-state index contributed by atoms with van der Waals surface area (Å²) in [5.41, 5.74) is 2.97. The number of carbonyl (C=O) groups excluding carboxylic acids is 1. The third-order valence-corrected chi connectivity index (χ3v) is 4.67. The van der Waals surface area contributed by atoms with Crippen LogP contribution in [0, 0.1) is 6.92 Å². The molecule has 1 aromatic carbocycles. The Labute approximate surface area is 148 Å². The predicted molar refractivity (Wildman–Crippen MR) is 94.4 cm³/mol. The zero-order valence-electron chi connectivity index (χ0n) is 13.8. The van der Waals surface area contributed by atoms with Crippen molar-refractivity contribution in [1.29, 1.82) is 0 Å². The van der Waals surface area contributed by atoms with E-state index in [1.165, 1.54) is 11.3 Å². The monoisotopic (exact) mass is 356 g/mol. The second kappa shape index (κ2) is 6.21. The number of nitrogens with zero attached hydrogens (tertiary/aromatic N) is 3. The molecular weight excluding hydrogens is 340 g/mol. The maximum atomic E-state index is 12.3. The third-order valence-electron chi connectivity index (χ3n) is 3.91. The highest BCUT2D eigenvalue weighted by atomic mass is 32.1. The van der Waals surface area contributed by atoms with Crippen molar-refractivity contribution >= 4 is 22.4 Å². The number of benzene rings is 1. The number of nitrogens with one attached hydrogen (secondary N) is 1. The highest BCUT2D eigenvalue weighted by Crippen LogP contribution is 2.35. The van der Waals surface area contributed by atoms with Crippen LogP contribution in [0.15, 0.2) is 29.6 Å². The second-order valence-electron chi connectivity index (χ2n) is 5.65. The lowest BCUT2D eigenvalue weighted by Gasteiger charge is -2.18. The second-order valence-corrected chi connectivity index (χ2v) is 6.50. The number of amides is 1. The number of ether oxygens (including phenoxy) is 2. The summed E-state index contributed by atoms with van der Waals surface area (Å²) in [5, 5.41) is 9.38. The Balaban J connectivity index is 1.53. The molecule has 4 rings (SSSR count). The van der Waals surface area contributed by atoms with E-state index < -0.39 is 0 Å². The van der Waals surface area contributed by atoms with E-state index >= 15 is 0 Å². The minimum absolute atomic E-state index is 0.272. The van der Waals surface area contributed by atoms with Crippen molar-refractivity contribution in [2.45, 2.75) is 6.92 Å². The first-order valence-electron chi connectivity index (χ1n) is 7.78. The van der Waals surface area contributed by atoms with Gasteiger partial charge in [-0.1, -0.05) is 0 Å². The minimum Gasteiger partial charge on any atom is -0.486 e. The van der Waals surface area contributed by atoms with Crippen molar-refractivity contribution in [3.05, 3.63) is 41.0 Å². The fourth-order valence-corrected chi connectivity index (χ4v) is 3.21. The maximum absolute atomic E-state index is 12.3.